The fraction of sp³-hybridized carbons (Fsp3) is 0.0833. The van der Waals surface area contributed by atoms with Crippen molar-refractivity contribution in [2.24, 2.45) is 0 Å². The number of anilines is 1. The Morgan fingerprint density at radius 3 is 1.69 bits per heavy atom. The van der Waals surface area contributed by atoms with Gasteiger partial charge in [0.1, 0.15) is 0 Å². The molecule has 10 heteroatoms. The van der Waals surface area contributed by atoms with E-state index in [-0.39, 0.29) is 34.0 Å². The number of para-hydroxylation sites is 3. The molecule has 8 aromatic rings. The molecular weight excluding hydrogens is 751 g/mol. The van der Waals surface area contributed by atoms with Crippen LogP contribution in [0.25, 0.3) is 60.9 Å². The van der Waals surface area contributed by atoms with E-state index < -0.39 is 40.9 Å². The van der Waals surface area contributed by atoms with Crippen LogP contribution >= 0.6 is 0 Å². The summed E-state index contributed by atoms with van der Waals surface area (Å²) in [6, 6.07) is 38.9. The Hall–Kier alpha value is -6.94. The summed E-state index contributed by atoms with van der Waals surface area (Å²) in [6.07, 6.45) is -10.2. The van der Waals surface area contributed by atoms with Crippen LogP contribution in [0.2, 0.25) is 0 Å². The molecule has 0 radical (unpaired) electrons. The molecular formula is C48H30F6N2O2. The average molecular weight is 781 g/mol. The van der Waals surface area contributed by atoms with Crippen LogP contribution in [0.3, 0.4) is 0 Å². The van der Waals surface area contributed by atoms with Gasteiger partial charge in [-0.2, -0.15) is 26.3 Å². The fourth-order valence-electron chi connectivity index (χ4n) is 8.30. The van der Waals surface area contributed by atoms with Gasteiger partial charge in [-0.15, -0.1) is 0 Å². The number of alkyl halides is 6. The number of carbonyl (C=O) groups is 2. The highest BCUT2D eigenvalue weighted by molar-refractivity contribution is 6.36. The van der Waals surface area contributed by atoms with Crippen LogP contribution in [0.15, 0.2) is 146 Å². The molecule has 0 fully saturated rings. The Kier molecular flexibility index (Phi) is 8.43. The second kappa shape index (κ2) is 13.3. The lowest BCUT2D eigenvalue weighted by molar-refractivity contribution is -0.142. The number of imide groups is 1. The molecule has 0 bridgehead atoms. The van der Waals surface area contributed by atoms with Gasteiger partial charge >= 0.3 is 12.4 Å². The van der Waals surface area contributed by atoms with Gasteiger partial charge in [0.25, 0.3) is 11.8 Å². The fourth-order valence-corrected chi connectivity index (χ4v) is 8.30. The third kappa shape index (κ3) is 5.78. The summed E-state index contributed by atoms with van der Waals surface area (Å²) in [5.41, 5.74) is 2.92. The highest BCUT2D eigenvalue weighted by Crippen LogP contribution is 2.48. The number of halogens is 6. The molecule has 9 rings (SSSR count). The normalized spacial score (nSPS) is 13.2. The molecule has 0 saturated carbocycles. The molecule has 0 aliphatic carbocycles. The molecule has 0 saturated heterocycles. The number of benzene rings is 7. The highest BCUT2D eigenvalue weighted by atomic mass is 19.4. The van der Waals surface area contributed by atoms with Crippen molar-refractivity contribution in [1.82, 2.24) is 4.57 Å². The molecule has 1 aliphatic rings. The minimum Gasteiger partial charge on any atom is -0.307 e. The number of aryl methyl sites for hydroxylation is 2. The lowest BCUT2D eigenvalue weighted by Crippen LogP contribution is -2.30. The molecule has 7 aromatic carbocycles. The SMILES string of the molecule is Cc1ccc(-c2cccc3c4cccc(-c5ccc(C(F)(F)F)cc5C(F)(F)F)c4n(-c4cccc5c4C(=O)N(c4ccccc4-c4ccccc4)C5=O)c23)c(C)c1. The Morgan fingerprint density at radius 2 is 1.03 bits per heavy atom. The van der Waals surface area contributed by atoms with Crippen LogP contribution in [0, 0.1) is 13.8 Å². The lowest BCUT2D eigenvalue weighted by Gasteiger charge is -2.20. The van der Waals surface area contributed by atoms with Crippen molar-refractivity contribution in [1.29, 1.82) is 0 Å². The molecule has 1 aliphatic heterocycles. The summed E-state index contributed by atoms with van der Waals surface area (Å²) >= 11 is 0. The van der Waals surface area contributed by atoms with Crippen LogP contribution in [-0.2, 0) is 12.4 Å². The van der Waals surface area contributed by atoms with Crippen molar-refractivity contribution in [2.75, 3.05) is 4.90 Å². The first-order valence-electron chi connectivity index (χ1n) is 18.3. The van der Waals surface area contributed by atoms with E-state index in [1.807, 2.05) is 86.6 Å². The van der Waals surface area contributed by atoms with Crippen molar-refractivity contribution in [3.63, 3.8) is 0 Å². The maximum atomic E-state index is 14.9. The number of fused-ring (bicyclic) bond motifs is 4. The monoisotopic (exact) mass is 780 g/mol. The molecule has 0 unspecified atom stereocenters. The van der Waals surface area contributed by atoms with Gasteiger partial charge in [0.15, 0.2) is 0 Å². The highest BCUT2D eigenvalue weighted by Gasteiger charge is 2.42. The Bertz CT molecular complexity index is 3000. The number of amides is 2. The molecule has 1 aromatic heterocycles. The van der Waals surface area contributed by atoms with E-state index in [9.17, 15) is 35.9 Å². The molecule has 2 amide bonds. The third-order valence-electron chi connectivity index (χ3n) is 10.8. The van der Waals surface area contributed by atoms with E-state index in [2.05, 4.69) is 0 Å². The van der Waals surface area contributed by atoms with Crippen LogP contribution in [0.5, 0.6) is 0 Å². The van der Waals surface area contributed by atoms with Crippen molar-refractivity contribution in [3.05, 3.63) is 179 Å². The van der Waals surface area contributed by atoms with E-state index in [0.717, 1.165) is 33.2 Å². The van der Waals surface area contributed by atoms with E-state index in [0.29, 0.717) is 39.2 Å². The molecule has 0 spiro atoms. The maximum absolute atomic E-state index is 14.9. The molecule has 58 heavy (non-hydrogen) atoms. The number of nitrogens with zero attached hydrogens (tertiary/aromatic N) is 2. The van der Waals surface area contributed by atoms with Gasteiger partial charge in [-0.05, 0) is 66.4 Å². The first kappa shape index (κ1) is 36.7. The molecule has 2 heterocycles. The Morgan fingerprint density at radius 1 is 0.466 bits per heavy atom. The van der Waals surface area contributed by atoms with Crippen molar-refractivity contribution >= 4 is 39.3 Å². The minimum atomic E-state index is -5.16. The van der Waals surface area contributed by atoms with Gasteiger partial charge in [0.05, 0.1) is 44.7 Å². The van der Waals surface area contributed by atoms with Crippen molar-refractivity contribution in [3.8, 4) is 39.1 Å². The predicted molar refractivity (Wildman–Crippen MR) is 214 cm³/mol. The quantitative estimate of drug-likeness (QED) is 0.129. The molecule has 286 valence electrons. The third-order valence-corrected chi connectivity index (χ3v) is 10.8. The van der Waals surface area contributed by atoms with E-state index >= 15 is 0 Å². The molecule has 0 N–H and O–H groups in total. The summed E-state index contributed by atoms with van der Waals surface area (Å²) in [5.74, 6) is -1.22. The zero-order valence-electron chi connectivity index (χ0n) is 30.8. The van der Waals surface area contributed by atoms with Gasteiger partial charge in [-0.1, -0.05) is 121 Å². The standard InChI is InChI=1S/C48H30F6N2O2/c1-27-21-23-31(28(2)25-27)34-14-8-16-36-37-17-9-15-35(33-24-22-30(47(49,50)51)26-39(33)48(52,53)54)44(37)55(43(34)36)41-20-10-18-38-42(41)46(58)56(45(38)57)40-19-7-6-13-32(40)29-11-4-3-5-12-29/h3-26H,1-2H3. The first-order valence-corrected chi connectivity index (χ1v) is 18.3. The summed E-state index contributed by atoms with van der Waals surface area (Å²) in [5, 5.41) is 1.11. The summed E-state index contributed by atoms with van der Waals surface area (Å²) in [7, 11) is 0. The zero-order chi connectivity index (χ0) is 40.7. The maximum Gasteiger partial charge on any atom is 0.417 e. The number of hydrogen-bond donors (Lipinski definition) is 0. The Labute approximate surface area is 328 Å². The zero-order valence-corrected chi connectivity index (χ0v) is 30.8. The largest absolute Gasteiger partial charge is 0.417 e. The first-order chi connectivity index (χ1) is 27.7. The van der Waals surface area contributed by atoms with Crippen LogP contribution in [-0.4, -0.2) is 16.4 Å². The summed E-state index contributed by atoms with van der Waals surface area (Å²) in [4.78, 5) is 30.5. The van der Waals surface area contributed by atoms with Crippen molar-refractivity contribution in [2.45, 2.75) is 26.2 Å². The van der Waals surface area contributed by atoms with E-state index in [1.165, 1.54) is 6.07 Å². The van der Waals surface area contributed by atoms with Crippen LogP contribution in [0.1, 0.15) is 43.0 Å². The number of rotatable bonds is 5. The predicted octanol–water partition coefficient (Wildman–Crippen LogP) is 13.2. The summed E-state index contributed by atoms with van der Waals surface area (Å²) in [6.45, 7) is 3.91. The second-order valence-electron chi connectivity index (χ2n) is 14.3. The van der Waals surface area contributed by atoms with Gasteiger partial charge in [0.2, 0.25) is 0 Å². The second-order valence-corrected chi connectivity index (χ2v) is 14.3. The number of carbonyl (C=O) groups excluding carboxylic acids is 2. The van der Waals surface area contributed by atoms with E-state index in [4.69, 9.17) is 0 Å². The van der Waals surface area contributed by atoms with Crippen molar-refractivity contribution < 1.29 is 35.9 Å². The molecule has 0 atom stereocenters. The number of hydrogen-bond acceptors (Lipinski definition) is 2. The van der Waals surface area contributed by atoms with Gasteiger partial charge < -0.3 is 4.57 Å². The van der Waals surface area contributed by atoms with Gasteiger partial charge in [-0.3, -0.25) is 9.59 Å². The Balaban J connectivity index is 1.39. The summed E-state index contributed by atoms with van der Waals surface area (Å²) < 4.78 is 87.9. The average Bonchev–Trinajstić information content (AvgIpc) is 3.68. The van der Waals surface area contributed by atoms with Gasteiger partial charge in [0, 0.05) is 27.5 Å². The van der Waals surface area contributed by atoms with E-state index in [1.54, 1.807) is 53.1 Å². The minimum absolute atomic E-state index is 0.0121. The smallest absolute Gasteiger partial charge is 0.307 e. The lowest BCUT2D eigenvalue weighted by atomic mass is 9.94. The van der Waals surface area contributed by atoms with Crippen LogP contribution < -0.4 is 4.90 Å². The molecule has 4 nitrogen and oxygen atoms in total. The van der Waals surface area contributed by atoms with Crippen LogP contribution in [0.4, 0.5) is 32.0 Å². The topological polar surface area (TPSA) is 42.3 Å². The van der Waals surface area contributed by atoms with Gasteiger partial charge in [-0.25, -0.2) is 4.90 Å². The number of aromatic nitrogens is 1.